The second-order valence-electron chi connectivity index (χ2n) is 3.94. The molecule has 0 bridgehead atoms. The Bertz CT molecular complexity index is 689. The lowest BCUT2D eigenvalue weighted by molar-refractivity contribution is -0.145. The topological polar surface area (TPSA) is 120 Å². The van der Waals surface area contributed by atoms with Crippen LogP contribution in [0.3, 0.4) is 0 Å². The third-order valence-corrected chi connectivity index (χ3v) is 2.46. The van der Waals surface area contributed by atoms with Crippen molar-refractivity contribution in [3.8, 4) is 0 Å². The van der Waals surface area contributed by atoms with Crippen molar-refractivity contribution in [2.45, 2.75) is 13.2 Å². The number of anilines is 1. The van der Waals surface area contributed by atoms with E-state index in [4.69, 9.17) is 10.5 Å². The molecule has 8 nitrogen and oxygen atoms in total. The predicted octanol–water partition coefficient (Wildman–Crippen LogP) is -0.743. The largest absolute Gasteiger partial charge is 0.459 e. The van der Waals surface area contributed by atoms with Gasteiger partial charge in [0.1, 0.15) is 13.2 Å². The molecule has 0 fully saturated rings. The molecule has 0 saturated carbocycles. The predicted molar refractivity (Wildman–Crippen MR) is 69.8 cm³/mol. The summed E-state index contributed by atoms with van der Waals surface area (Å²) in [6.45, 7) is -0.455. The summed E-state index contributed by atoms with van der Waals surface area (Å²) in [6.07, 6.45) is 0. The molecule has 0 radical (unpaired) electrons. The zero-order valence-electron chi connectivity index (χ0n) is 10.4. The Balaban J connectivity index is 2.02. The van der Waals surface area contributed by atoms with Gasteiger partial charge in [0, 0.05) is 0 Å². The fraction of sp³-hybridized carbons (Fsp3) is 0.167. The quantitative estimate of drug-likeness (QED) is 0.709. The summed E-state index contributed by atoms with van der Waals surface area (Å²) >= 11 is 0. The molecule has 3 N–H and O–H groups in total. The number of nitrogens with one attached hydrogen (secondary N) is 1. The lowest BCUT2D eigenvalue weighted by Gasteiger charge is -2.06. The first-order valence-electron chi connectivity index (χ1n) is 5.72. The van der Waals surface area contributed by atoms with E-state index < -0.39 is 23.9 Å². The van der Waals surface area contributed by atoms with Crippen molar-refractivity contribution in [3.05, 3.63) is 56.9 Å². The molecule has 2 rings (SSSR count). The molecule has 20 heavy (non-hydrogen) atoms. The molecule has 1 aromatic heterocycles. The molecule has 1 aromatic carbocycles. The number of H-pyrrole nitrogens is 1. The SMILES string of the molecule is Nc1nc(=O)n(CC(=O)OCc2ccccc2)c(=O)[nH]1. The number of rotatable bonds is 4. The third kappa shape index (κ3) is 3.31. The Morgan fingerprint density at radius 3 is 2.65 bits per heavy atom. The first-order chi connectivity index (χ1) is 9.56. The van der Waals surface area contributed by atoms with E-state index in [0.717, 1.165) is 5.56 Å². The van der Waals surface area contributed by atoms with Gasteiger partial charge in [0.25, 0.3) is 0 Å². The molecule has 8 heteroatoms. The fourth-order valence-corrected chi connectivity index (χ4v) is 1.51. The van der Waals surface area contributed by atoms with E-state index >= 15 is 0 Å². The van der Waals surface area contributed by atoms with Crippen LogP contribution >= 0.6 is 0 Å². The third-order valence-electron chi connectivity index (χ3n) is 2.46. The number of nitrogen functional groups attached to an aromatic ring is 1. The van der Waals surface area contributed by atoms with Gasteiger partial charge < -0.3 is 10.5 Å². The number of nitrogens with two attached hydrogens (primary N) is 1. The van der Waals surface area contributed by atoms with Crippen LogP contribution in [0.4, 0.5) is 5.95 Å². The number of hydrogen-bond donors (Lipinski definition) is 2. The smallest absolute Gasteiger partial charge is 0.355 e. The van der Waals surface area contributed by atoms with Gasteiger partial charge in [-0.25, -0.2) is 14.2 Å². The van der Waals surface area contributed by atoms with Gasteiger partial charge >= 0.3 is 17.3 Å². The summed E-state index contributed by atoms with van der Waals surface area (Å²) < 4.78 is 5.58. The van der Waals surface area contributed by atoms with Gasteiger partial charge in [-0.15, -0.1) is 0 Å². The average Bonchev–Trinajstić information content (AvgIpc) is 2.42. The van der Waals surface area contributed by atoms with Crippen molar-refractivity contribution in [1.82, 2.24) is 14.5 Å². The summed E-state index contributed by atoms with van der Waals surface area (Å²) in [6, 6.07) is 9.03. The van der Waals surface area contributed by atoms with Crippen molar-refractivity contribution in [2.24, 2.45) is 0 Å². The van der Waals surface area contributed by atoms with E-state index in [-0.39, 0.29) is 12.6 Å². The molecule has 0 aliphatic rings. The lowest BCUT2D eigenvalue weighted by atomic mass is 10.2. The Morgan fingerprint density at radius 1 is 1.30 bits per heavy atom. The van der Waals surface area contributed by atoms with Gasteiger partial charge in [0.15, 0.2) is 0 Å². The van der Waals surface area contributed by atoms with Gasteiger partial charge in [-0.3, -0.25) is 9.78 Å². The van der Waals surface area contributed by atoms with Crippen LogP contribution in [0.15, 0.2) is 39.9 Å². The molecule has 0 amide bonds. The number of hydrogen-bond acceptors (Lipinski definition) is 6. The highest BCUT2D eigenvalue weighted by molar-refractivity contribution is 5.69. The van der Waals surface area contributed by atoms with Crippen LogP contribution in [0.5, 0.6) is 0 Å². The molecule has 0 aliphatic carbocycles. The summed E-state index contributed by atoms with van der Waals surface area (Å²) in [4.78, 5) is 39.9. The van der Waals surface area contributed by atoms with Crippen molar-refractivity contribution < 1.29 is 9.53 Å². The van der Waals surface area contributed by atoms with Gasteiger partial charge in [0.2, 0.25) is 5.95 Å². The minimum Gasteiger partial charge on any atom is -0.459 e. The highest BCUT2D eigenvalue weighted by Gasteiger charge is 2.10. The van der Waals surface area contributed by atoms with E-state index in [9.17, 15) is 14.4 Å². The number of aromatic nitrogens is 3. The Morgan fingerprint density at radius 2 is 2.00 bits per heavy atom. The average molecular weight is 276 g/mol. The highest BCUT2D eigenvalue weighted by atomic mass is 16.5. The van der Waals surface area contributed by atoms with Crippen LogP contribution in [0.25, 0.3) is 0 Å². The summed E-state index contributed by atoms with van der Waals surface area (Å²) in [7, 11) is 0. The first kappa shape index (κ1) is 13.5. The van der Waals surface area contributed by atoms with Crippen LogP contribution in [0.1, 0.15) is 5.56 Å². The Kier molecular flexibility index (Phi) is 3.94. The molecule has 1 heterocycles. The van der Waals surface area contributed by atoms with Crippen LogP contribution in [0.2, 0.25) is 0 Å². The van der Waals surface area contributed by atoms with Crippen LogP contribution in [0, 0.1) is 0 Å². The summed E-state index contributed by atoms with van der Waals surface area (Å²) in [5.41, 5.74) is 4.29. The summed E-state index contributed by atoms with van der Waals surface area (Å²) in [5.74, 6) is -1.01. The van der Waals surface area contributed by atoms with Gasteiger partial charge in [-0.2, -0.15) is 4.98 Å². The molecule has 0 unspecified atom stereocenters. The molecule has 104 valence electrons. The van der Waals surface area contributed by atoms with Crippen molar-refractivity contribution in [1.29, 1.82) is 0 Å². The normalized spacial score (nSPS) is 10.2. The zero-order valence-corrected chi connectivity index (χ0v) is 10.4. The van der Waals surface area contributed by atoms with Crippen molar-refractivity contribution in [2.75, 3.05) is 5.73 Å². The standard InChI is InChI=1S/C12H12N4O4/c13-10-14-11(18)16(12(19)15-10)6-9(17)20-7-8-4-2-1-3-5-8/h1-5H,6-7H2,(H3,13,14,15,18,19). The molecule has 0 saturated heterocycles. The summed E-state index contributed by atoms with van der Waals surface area (Å²) in [5, 5.41) is 0. The van der Waals surface area contributed by atoms with Crippen LogP contribution in [-0.4, -0.2) is 20.5 Å². The van der Waals surface area contributed by atoms with E-state index in [0.29, 0.717) is 4.57 Å². The number of nitrogens with zero attached hydrogens (tertiary/aromatic N) is 2. The molecule has 0 aliphatic heterocycles. The first-order valence-corrected chi connectivity index (χ1v) is 5.72. The monoisotopic (exact) mass is 276 g/mol. The fourth-order valence-electron chi connectivity index (χ4n) is 1.51. The molecular formula is C12H12N4O4. The van der Waals surface area contributed by atoms with Gasteiger partial charge in [-0.1, -0.05) is 30.3 Å². The van der Waals surface area contributed by atoms with E-state index in [1.807, 2.05) is 18.2 Å². The zero-order chi connectivity index (χ0) is 14.5. The number of carbonyl (C=O) groups is 1. The maximum Gasteiger partial charge on any atom is 0.355 e. The molecule has 0 atom stereocenters. The van der Waals surface area contributed by atoms with E-state index in [1.54, 1.807) is 12.1 Å². The minimum absolute atomic E-state index is 0.0642. The number of esters is 1. The maximum absolute atomic E-state index is 11.6. The number of aromatic amines is 1. The van der Waals surface area contributed by atoms with Crippen LogP contribution in [-0.2, 0) is 22.7 Å². The molecule has 2 aromatic rings. The second kappa shape index (κ2) is 5.83. The Hall–Kier alpha value is -2.90. The number of carbonyl (C=O) groups excluding carboxylic acids is 1. The molecular weight excluding hydrogens is 264 g/mol. The molecule has 0 spiro atoms. The lowest BCUT2D eigenvalue weighted by Crippen LogP contribution is -2.40. The minimum atomic E-state index is -0.900. The van der Waals surface area contributed by atoms with Crippen molar-refractivity contribution >= 4 is 11.9 Å². The van der Waals surface area contributed by atoms with Gasteiger partial charge in [-0.05, 0) is 5.56 Å². The van der Waals surface area contributed by atoms with Crippen LogP contribution < -0.4 is 17.1 Å². The van der Waals surface area contributed by atoms with E-state index in [2.05, 4.69) is 9.97 Å². The number of ether oxygens (including phenoxy) is 1. The highest BCUT2D eigenvalue weighted by Crippen LogP contribution is 2.00. The van der Waals surface area contributed by atoms with Gasteiger partial charge in [0.05, 0.1) is 0 Å². The Labute approximate surface area is 112 Å². The second-order valence-corrected chi connectivity index (χ2v) is 3.94. The van der Waals surface area contributed by atoms with Crippen molar-refractivity contribution in [3.63, 3.8) is 0 Å². The van der Waals surface area contributed by atoms with E-state index in [1.165, 1.54) is 0 Å². The number of benzene rings is 1. The maximum atomic E-state index is 11.6.